The molecule has 0 spiro atoms. The zero-order chi connectivity index (χ0) is 9.14. The van der Waals surface area contributed by atoms with Gasteiger partial charge in [-0.15, -0.1) is 0 Å². The molecule has 0 bridgehead atoms. The van der Waals surface area contributed by atoms with E-state index < -0.39 is 6.08 Å². The summed E-state index contributed by atoms with van der Waals surface area (Å²) in [6, 6.07) is 4.30. The Morgan fingerprint density at radius 3 is 2.00 bits per heavy atom. The van der Waals surface area contributed by atoms with Gasteiger partial charge in [0.25, 0.3) is 6.08 Å². The number of rotatable bonds is 1. The molecule has 0 aliphatic rings. The van der Waals surface area contributed by atoms with E-state index in [0.29, 0.717) is 21.7 Å². The molecular weight excluding hydrogens is 205 g/mol. The van der Waals surface area contributed by atoms with Crippen molar-refractivity contribution in [3.05, 3.63) is 39.9 Å². The van der Waals surface area contributed by atoms with Gasteiger partial charge >= 0.3 is 0 Å². The summed E-state index contributed by atoms with van der Waals surface area (Å²) in [4.78, 5) is 0. The topological polar surface area (TPSA) is 0 Å². The van der Waals surface area contributed by atoms with E-state index in [1.165, 1.54) is 18.2 Å². The second kappa shape index (κ2) is 3.87. The van der Waals surface area contributed by atoms with Crippen LogP contribution in [0.4, 0.5) is 8.78 Å². The van der Waals surface area contributed by atoms with Crippen molar-refractivity contribution in [1.29, 1.82) is 0 Å². The van der Waals surface area contributed by atoms with Crippen LogP contribution in [-0.2, 0) is 0 Å². The minimum atomic E-state index is -1.77. The molecule has 1 rings (SSSR count). The maximum atomic E-state index is 11.8. The fraction of sp³-hybridized carbons (Fsp3) is 0. The minimum Gasteiger partial charge on any atom is -0.173 e. The average Bonchev–Trinajstić information content (AvgIpc) is 1.81. The number of hydrogen-bond acceptors (Lipinski definition) is 0. The third kappa shape index (κ3) is 2.80. The summed E-state index contributed by atoms with van der Waals surface area (Å²) >= 11 is 11.1. The lowest BCUT2D eigenvalue weighted by atomic mass is 10.2. The van der Waals surface area contributed by atoms with Gasteiger partial charge in [-0.2, -0.15) is 8.78 Å². The monoisotopic (exact) mass is 208 g/mol. The van der Waals surface area contributed by atoms with Crippen LogP contribution in [-0.4, -0.2) is 0 Å². The first-order chi connectivity index (χ1) is 5.58. The average molecular weight is 209 g/mol. The predicted octanol–water partition coefficient (Wildman–Crippen LogP) is 4.23. The highest BCUT2D eigenvalue weighted by Gasteiger charge is 1.97. The molecule has 0 radical (unpaired) electrons. The van der Waals surface area contributed by atoms with Crippen molar-refractivity contribution >= 4 is 29.3 Å². The summed E-state index contributed by atoms with van der Waals surface area (Å²) in [5, 5.41) is 0.685. The molecule has 0 aliphatic heterocycles. The van der Waals surface area contributed by atoms with Crippen LogP contribution < -0.4 is 0 Å². The van der Waals surface area contributed by atoms with Crippen molar-refractivity contribution in [2.45, 2.75) is 0 Å². The van der Waals surface area contributed by atoms with E-state index in [4.69, 9.17) is 23.2 Å². The number of hydrogen-bond donors (Lipinski definition) is 0. The van der Waals surface area contributed by atoms with Gasteiger partial charge in [0, 0.05) is 16.1 Å². The van der Waals surface area contributed by atoms with Gasteiger partial charge in [-0.05, 0) is 23.8 Å². The Morgan fingerprint density at radius 2 is 1.58 bits per heavy atom. The van der Waals surface area contributed by atoms with Crippen molar-refractivity contribution in [3.63, 3.8) is 0 Å². The van der Waals surface area contributed by atoms with E-state index in [9.17, 15) is 8.78 Å². The third-order valence-corrected chi connectivity index (χ3v) is 1.60. The molecule has 0 heterocycles. The fourth-order valence-corrected chi connectivity index (χ4v) is 1.33. The Bertz CT molecular complexity index is 297. The molecule has 0 nitrogen and oxygen atoms in total. The van der Waals surface area contributed by atoms with Gasteiger partial charge < -0.3 is 0 Å². The first kappa shape index (κ1) is 9.49. The van der Waals surface area contributed by atoms with E-state index in [1.807, 2.05) is 0 Å². The van der Waals surface area contributed by atoms with Crippen LogP contribution >= 0.6 is 23.2 Å². The van der Waals surface area contributed by atoms with Crippen molar-refractivity contribution in [2.75, 3.05) is 0 Å². The van der Waals surface area contributed by atoms with E-state index in [0.717, 1.165) is 0 Å². The van der Waals surface area contributed by atoms with Crippen LogP contribution in [0.5, 0.6) is 0 Å². The molecule has 1 aromatic carbocycles. The molecule has 0 saturated heterocycles. The van der Waals surface area contributed by atoms with Gasteiger partial charge in [0.05, 0.1) is 0 Å². The highest BCUT2D eigenvalue weighted by Crippen LogP contribution is 2.21. The Hall–Kier alpha value is -0.600. The second-order valence-electron chi connectivity index (χ2n) is 2.14. The molecule has 12 heavy (non-hydrogen) atoms. The molecule has 0 N–H and O–H groups in total. The summed E-state index contributed by atoms with van der Waals surface area (Å²) in [6.45, 7) is 0. The summed E-state index contributed by atoms with van der Waals surface area (Å²) in [7, 11) is 0. The SMILES string of the molecule is FC(F)=Cc1cc(Cl)cc(Cl)c1. The summed E-state index contributed by atoms with van der Waals surface area (Å²) in [5.41, 5.74) is 0.299. The first-order valence-corrected chi connectivity index (χ1v) is 3.82. The Morgan fingerprint density at radius 1 is 1.08 bits per heavy atom. The zero-order valence-corrected chi connectivity index (χ0v) is 7.33. The van der Waals surface area contributed by atoms with Crippen LogP contribution in [0.3, 0.4) is 0 Å². The van der Waals surface area contributed by atoms with E-state index in [1.54, 1.807) is 0 Å². The summed E-state index contributed by atoms with van der Waals surface area (Å²) in [5.74, 6) is 0. The van der Waals surface area contributed by atoms with Crippen molar-refractivity contribution in [1.82, 2.24) is 0 Å². The van der Waals surface area contributed by atoms with Gasteiger partial charge in [0.2, 0.25) is 0 Å². The molecule has 4 heteroatoms. The smallest absolute Gasteiger partial charge is 0.173 e. The Kier molecular flexibility index (Phi) is 3.06. The highest BCUT2D eigenvalue weighted by atomic mass is 35.5. The summed E-state index contributed by atoms with van der Waals surface area (Å²) < 4.78 is 23.5. The second-order valence-corrected chi connectivity index (χ2v) is 3.01. The normalized spacial score (nSPS) is 9.67. The molecular formula is C8H4Cl2F2. The minimum absolute atomic E-state index is 0.299. The van der Waals surface area contributed by atoms with Crippen LogP contribution in [0.1, 0.15) is 5.56 Å². The van der Waals surface area contributed by atoms with Crippen molar-refractivity contribution in [2.24, 2.45) is 0 Å². The number of benzene rings is 1. The largest absolute Gasteiger partial charge is 0.270 e. The quantitative estimate of drug-likeness (QED) is 0.649. The molecule has 0 fully saturated rings. The van der Waals surface area contributed by atoms with Gasteiger partial charge in [0.15, 0.2) is 0 Å². The van der Waals surface area contributed by atoms with Gasteiger partial charge in [0.1, 0.15) is 0 Å². The molecule has 1 aromatic rings. The predicted molar refractivity (Wildman–Crippen MR) is 46.7 cm³/mol. The van der Waals surface area contributed by atoms with E-state index >= 15 is 0 Å². The van der Waals surface area contributed by atoms with Crippen molar-refractivity contribution in [3.8, 4) is 0 Å². The van der Waals surface area contributed by atoms with Crippen LogP contribution in [0.15, 0.2) is 24.3 Å². The van der Waals surface area contributed by atoms with Crippen molar-refractivity contribution < 1.29 is 8.78 Å². The lowest BCUT2D eigenvalue weighted by Gasteiger charge is -1.95. The Balaban J connectivity index is 3.09. The van der Waals surface area contributed by atoms with Crippen LogP contribution in [0.2, 0.25) is 10.0 Å². The fourth-order valence-electron chi connectivity index (χ4n) is 0.784. The zero-order valence-electron chi connectivity index (χ0n) is 5.82. The lowest BCUT2D eigenvalue weighted by molar-refractivity contribution is 0.429. The maximum Gasteiger partial charge on any atom is 0.270 e. The van der Waals surface area contributed by atoms with E-state index in [2.05, 4.69) is 0 Å². The third-order valence-electron chi connectivity index (χ3n) is 1.16. The molecule has 0 saturated carbocycles. The molecule has 0 aromatic heterocycles. The molecule has 0 aliphatic carbocycles. The molecule has 0 unspecified atom stereocenters. The maximum absolute atomic E-state index is 11.8. The molecule has 0 amide bonds. The van der Waals surface area contributed by atoms with E-state index in [-0.39, 0.29) is 0 Å². The lowest BCUT2D eigenvalue weighted by Crippen LogP contribution is -1.73. The first-order valence-electron chi connectivity index (χ1n) is 3.07. The highest BCUT2D eigenvalue weighted by molar-refractivity contribution is 6.34. The summed E-state index contributed by atoms with van der Waals surface area (Å²) in [6.07, 6.45) is -1.06. The molecule has 64 valence electrons. The van der Waals surface area contributed by atoms with Gasteiger partial charge in [-0.25, -0.2) is 0 Å². The van der Waals surface area contributed by atoms with Gasteiger partial charge in [-0.1, -0.05) is 23.2 Å². The Labute approximate surface area is 78.4 Å². The standard InChI is InChI=1S/C8H4Cl2F2/c9-6-1-5(3-8(11)12)2-7(10)4-6/h1-4H. The van der Waals surface area contributed by atoms with Crippen LogP contribution in [0, 0.1) is 0 Å². The number of halogens is 4. The van der Waals surface area contributed by atoms with Gasteiger partial charge in [-0.3, -0.25) is 0 Å². The van der Waals surface area contributed by atoms with Crippen LogP contribution in [0.25, 0.3) is 6.08 Å². The molecule has 0 atom stereocenters.